The van der Waals surface area contributed by atoms with Crippen molar-refractivity contribution in [1.82, 2.24) is 5.16 Å². The summed E-state index contributed by atoms with van der Waals surface area (Å²) in [7, 11) is 0. The molecular weight excluding hydrogens is 267 g/mol. The van der Waals surface area contributed by atoms with E-state index in [9.17, 15) is 9.50 Å². The van der Waals surface area contributed by atoms with Crippen molar-refractivity contribution in [3.05, 3.63) is 28.5 Å². The highest BCUT2D eigenvalue weighted by Gasteiger charge is 2.11. The zero-order valence-electron chi connectivity index (χ0n) is 7.37. The summed E-state index contributed by atoms with van der Waals surface area (Å²) < 4.78 is 18.3. The molecule has 0 spiro atoms. The van der Waals surface area contributed by atoms with Crippen molar-refractivity contribution in [3.8, 4) is 17.1 Å². The number of aromatic hydroxyl groups is 1. The van der Waals surface area contributed by atoms with Gasteiger partial charge in [-0.25, -0.2) is 4.39 Å². The number of nitrogen functional groups attached to an aromatic ring is 1. The molecule has 0 saturated carbocycles. The summed E-state index contributed by atoms with van der Waals surface area (Å²) in [5.41, 5.74) is 5.81. The van der Waals surface area contributed by atoms with Gasteiger partial charge in [-0.2, -0.15) is 0 Å². The van der Waals surface area contributed by atoms with Crippen LogP contribution in [0.15, 0.2) is 27.2 Å². The van der Waals surface area contributed by atoms with Gasteiger partial charge in [0.15, 0.2) is 23.1 Å². The Kier molecular flexibility index (Phi) is 2.36. The Bertz CT molecular complexity index is 490. The molecule has 0 aliphatic rings. The van der Waals surface area contributed by atoms with E-state index in [2.05, 4.69) is 21.1 Å². The van der Waals surface area contributed by atoms with Gasteiger partial charge in [-0.1, -0.05) is 5.16 Å². The quantitative estimate of drug-likeness (QED) is 0.837. The smallest absolute Gasteiger partial charge is 0.169 e. The number of phenolic OH excluding ortho intramolecular Hbond substituents is 1. The van der Waals surface area contributed by atoms with Crippen LogP contribution in [-0.2, 0) is 0 Å². The van der Waals surface area contributed by atoms with Crippen molar-refractivity contribution in [2.45, 2.75) is 0 Å². The predicted molar refractivity (Wildman–Crippen MR) is 55.7 cm³/mol. The van der Waals surface area contributed by atoms with Crippen molar-refractivity contribution in [3.63, 3.8) is 0 Å². The first kappa shape index (κ1) is 9.97. The van der Waals surface area contributed by atoms with Crippen LogP contribution >= 0.6 is 15.9 Å². The van der Waals surface area contributed by atoms with Gasteiger partial charge in [-0.05, 0) is 28.1 Å². The van der Waals surface area contributed by atoms with Gasteiger partial charge in [0.05, 0.1) is 4.47 Å². The van der Waals surface area contributed by atoms with Gasteiger partial charge in [0.1, 0.15) is 0 Å². The first-order chi connectivity index (χ1) is 7.08. The summed E-state index contributed by atoms with van der Waals surface area (Å²) in [4.78, 5) is 0. The lowest BCUT2D eigenvalue weighted by molar-refractivity contribution is 0.426. The molecule has 1 aromatic heterocycles. The molecule has 0 atom stereocenters. The van der Waals surface area contributed by atoms with Gasteiger partial charge in [0, 0.05) is 11.6 Å². The Morgan fingerprint density at radius 1 is 1.40 bits per heavy atom. The minimum Gasteiger partial charge on any atom is -0.504 e. The molecular formula is C9H6BrFN2O2. The molecule has 3 N–H and O–H groups in total. The van der Waals surface area contributed by atoms with E-state index in [-0.39, 0.29) is 10.3 Å². The molecule has 78 valence electrons. The Balaban J connectivity index is 2.55. The normalized spacial score (nSPS) is 10.5. The summed E-state index contributed by atoms with van der Waals surface area (Å²) in [5, 5.41) is 12.7. The number of hydrogen-bond donors (Lipinski definition) is 2. The molecule has 2 rings (SSSR count). The maximum Gasteiger partial charge on any atom is 0.169 e. The number of halogens is 2. The zero-order valence-corrected chi connectivity index (χ0v) is 8.95. The van der Waals surface area contributed by atoms with Crippen molar-refractivity contribution in [2.75, 3.05) is 5.73 Å². The van der Waals surface area contributed by atoms with Gasteiger partial charge in [-0.15, -0.1) is 0 Å². The third-order valence-corrected chi connectivity index (χ3v) is 2.43. The highest BCUT2D eigenvalue weighted by atomic mass is 79.9. The third-order valence-electron chi connectivity index (χ3n) is 1.83. The predicted octanol–water partition coefficient (Wildman–Crippen LogP) is 2.53. The number of phenols is 1. The minimum atomic E-state index is -0.741. The van der Waals surface area contributed by atoms with E-state index in [1.54, 1.807) is 0 Å². The summed E-state index contributed by atoms with van der Waals surface area (Å²) in [5.74, 6) is -0.623. The molecule has 0 saturated heterocycles. The standard InChI is InChI=1S/C9H6BrFN2O2/c10-5-1-4(2-6(11)9(5)14)7-3-8(12)13-15-7/h1-3,14H,(H2,12,13). The summed E-state index contributed by atoms with van der Waals surface area (Å²) in [6.07, 6.45) is 0. The van der Waals surface area contributed by atoms with E-state index < -0.39 is 11.6 Å². The highest BCUT2D eigenvalue weighted by molar-refractivity contribution is 9.10. The van der Waals surface area contributed by atoms with Gasteiger partial charge in [0.25, 0.3) is 0 Å². The Morgan fingerprint density at radius 2 is 2.13 bits per heavy atom. The van der Waals surface area contributed by atoms with Crippen LogP contribution < -0.4 is 5.73 Å². The number of benzene rings is 1. The molecule has 1 heterocycles. The topological polar surface area (TPSA) is 72.3 Å². The molecule has 0 fully saturated rings. The van der Waals surface area contributed by atoms with E-state index in [0.29, 0.717) is 11.3 Å². The van der Waals surface area contributed by atoms with E-state index in [1.165, 1.54) is 12.1 Å². The zero-order chi connectivity index (χ0) is 11.0. The number of rotatable bonds is 1. The maximum absolute atomic E-state index is 13.2. The molecule has 0 aliphatic carbocycles. The molecule has 0 unspecified atom stereocenters. The van der Waals surface area contributed by atoms with Crippen molar-refractivity contribution >= 4 is 21.7 Å². The van der Waals surface area contributed by atoms with E-state index >= 15 is 0 Å². The molecule has 0 radical (unpaired) electrons. The Morgan fingerprint density at radius 3 is 2.67 bits per heavy atom. The fourth-order valence-corrected chi connectivity index (χ4v) is 1.57. The average molecular weight is 273 g/mol. The number of aromatic nitrogens is 1. The number of anilines is 1. The number of nitrogens with zero attached hydrogens (tertiary/aromatic N) is 1. The Hall–Kier alpha value is -1.56. The fourth-order valence-electron chi connectivity index (χ4n) is 1.13. The molecule has 6 heteroatoms. The largest absolute Gasteiger partial charge is 0.504 e. The minimum absolute atomic E-state index is 0.217. The second kappa shape index (κ2) is 3.54. The van der Waals surface area contributed by atoms with Crippen LogP contribution in [0.25, 0.3) is 11.3 Å². The second-order valence-electron chi connectivity index (χ2n) is 2.90. The molecule has 4 nitrogen and oxygen atoms in total. The van der Waals surface area contributed by atoms with E-state index in [1.807, 2.05) is 0 Å². The van der Waals surface area contributed by atoms with Crippen LogP contribution in [0.5, 0.6) is 5.75 Å². The van der Waals surface area contributed by atoms with Crippen LogP contribution in [-0.4, -0.2) is 10.3 Å². The molecule has 0 bridgehead atoms. The van der Waals surface area contributed by atoms with Crippen molar-refractivity contribution < 1.29 is 14.0 Å². The van der Waals surface area contributed by atoms with Crippen LogP contribution in [0.2, 0.25) is 0 Å². The molecule has 2 aromatic rings. The van der Waals surface area contributed by atoms with Crippen molar-refractivity contribution in [1.29, 1.82) is 0 Å². The lowest BCUT2D eigenvalue weighted by atomic mass is 10.1. The van der Waals surface area contributed by atoms with Crippen LogP contribution in [0.3, 0.4) is 0 Å². The van der Waals surface area contributed by atoms with Crippen LogP contribution in [0.1, 0.15) is 0 Å². The molecule has 15 heavy (non-hydrogen) atoms. The number of hydrogen-bond acceptors (Lipinski definition) is 4. The SMILES string of the molecule is Nc1cc(-c2cc(F)c(O)c(Br)c2)on1. The first-order valence-electron chi connectivity index (χ1n) is 3.98. The monoisotopic (exact) mass is 272 g/mol. The van der Waals surface area contributed by atoms with Gasteiger partial charge >= 0.3 is 0 Å². The summed E-state index contributed by atoms with van der Waals surface area (Å²) in [6.45, 7) is 0. The molecule has 0 aliphatic heterocycles. The second-order valence-corrected chi connectivity index (χ2v) is 3.76. The summed E-state index contributed by atoms with van der Waals surface area (Å²) >= 11 is 3.02. The highest BCUT2D eigenvalue weighted by Crippen LogP contribution is 2.32. The van der Waals surface area contributed by atoms with Crippen LogP contribution in [0, 0.1) is 5.82 Å². The number of nitrogens with two attached hydrogens (primary N) is 1. The molecule has 1 aromatic carbocycles. The Labute approximate surface area is 92.6 Å². The molecule has 0 amide bonds. The van der Waals surface area contributed by atoms with Crippen molar-refractivity contribution in [2.24, 2.45) is 0 Å². The third kappa shape index (κ3) is 1.80. The van der Waals surface area contributed by atoms with Gasteiger partial charge < -0.3 is 15.4 Å². The van der Waals surface area contributed by atoms with E-state index in [0.717, 1.165) is 6.07 Å². The van der Waals surface area contributed by atoms with Gasteiger partial charge in [-0.3, -0.25) is 0 Å². The van der Waals surface area contributed by atoms with Gasteiger partial charge in [0.2, 0.25) is 0 Å². The lowest BCUT2D eigenvalue weighted by Crippen LogP contribution is -1.82. The maximum atomic E-state index is 13.2. The average Bonchev–Trinajstić information content (AvgIpc) is 2.60. The lowest BCUT2D eigenvalue weighted by Gasteiger charge is -2.01. The van der Waals surface area contributed by atoms with Crippen LogP contribution in [0.4, 0.5) is 10.2 Å². The van der Waals surface area contributed by atoms with E-state index in [4.69, 9.17) is 10.3 Å². The summed E-state index contributed by atoms with van der Waals surface area (Å²) in [6, 6.07) is 4.12. The first-order valence-corrected chi connectivity index (χ1v) is 4.78. The fraction of sp³-hybridized carbons (Fsp3) is 0.